The van der Waals surface area contributed by atoms with Gasteiger partial charge in [-0.2, -0.15) is 9.78 Å². The van der Waals surface area contributed by atoms with E-state index in [9.17, 15) is 9.59 Å². The Morgan fingerprint density at radius 3 is 2.50 bits per heavy atom. The summed E-state index contributed by atoms with van der Waals surface area (Å²) < 4.78 is 1.31. The van der Waals surface area contributed by atoms with E-state index in [4.69, 9.17) is 11.6 Å². The number of halogens is 1. The van der Waals surface area contributed by atoms with E-state index in [-0.39, 0.29) is 22.5 Å². The van der Waals surface area contributed by atoms with Gasteiger partial charge in [-0.3, -0.25) is 14.5 Å². The van der Waals surface area contributed by atoms with Gasteiger partial charge in [-0.15, -0.1) is 0 Å². The van der Waals surface area contributed by atoms with E-state index in [0.29, 0.717) is 30.5 Å². The van der Waals surface area contributed by atoms with Crippen molar-refractivity contribution in [1.29, 1.82) is 0 Å². The number of benzene rings is 1. The maximum Gasteiger partial charge on any atom is 0.292 e. The van der Waals surface area contributed by atoms with Crippen molar-refractivity contribution in [1.82, 2.24) is 20.0 Å². The lowest BCUT2D eigenvalue weighted by Gasteiger charge is -2.38. The zero-order chi connectivity index (χ0) is 19.7. The summed E-state index contributed by atoms with van der Waals surface area (Å²) >= 11 is 6.40. The van der Waals surface area contributed by atoms with Gasteiger partial charge in [0.2, 0.25) is 5.91 Å². The minimum absolute atomic E-state index is 0.0982. The van der Waals surface area contributed by atoms with Crippen molar-refractivity contribution in [2.45, 2.75) is 31.8 Å². The lowest BCUT2D eigenvalue weighted by atomic mass is 10.2. The first-order valence-electron chi connectivity index (χ1n) is 9.67. The monoisotopic (exact) mass is 401 g/mol. The highest BCUT2D eigenvalue weighted by Gasteiger charge is 2.30. The lowest BCUT2D eigenvalue weighted by molar-refractivity contribution is -0.126. The zero-order valence-electron chi connectivity index (χ0n) is 15.8. The first-order chi connectivity index (χ1) is 13.5. The number of anilines is 1. The molecule has 7 nitrogen and oxygen atoms in total. The number of nitrogens with zero attached hydrogens (tertiary/aromatic N) is 4. The van der Waals surface area contributed by atoms with Gasteiger partial charge in [-0.05, 0) is 31.9 Å². The predicted molar refractivity (Wildman–Crippen MR) is 109 cm³/mol. The Hall–Kier alpha value is -2.38. The van der Waals surface area contributed by atoms with E-state index in [2.05, 4.69) is 20.2 Å². The molecule has 2 fully saturated rings. The highest BCUT2D eigenvalue weighted by Crippen LogP contribution is 2.24. The summed E-state index contributed by atoms with van der Waals surface area (Å²) in [5, 5.41) is 7.54. The number of para-hydroxylation sites is 1. The summed E-state index contributed by atoms with van der Waals surface area (Å²) in [5.74, 6) is 0.0982. The number of rotatable bonds is 5. The molecule has 148 valence electrons. The van der Waals surface area contributed by atoms with Gasteiger partial charge in [0.15, 0.2) is 0 Å². The van der Waals surface area contributed by atoms with Crippen LogP contribution in [-0.4, -0.2) is 58.9 Å². The van der Waals surface area contributed by atoms with Crippen LogP contribution >= 0.6 is 11.6 Å². The highest BCUT2D eigenvalue weighted by atomic mass is 35.5. The third kappa shape index (κ3) is 3.91. The Morgan fingerprint density at radius 1 is 1.18 bits per heavy atom. The summed E-state index contributed by atoms with van der Waals surface area (Å²) in [7, 11) is 0. The van der Waals surface area contributed by atoms with Crippen molar-refractivity contribution in [2.75, 3.05) is 31.1 Å². The molecule has 4 rings (SSSR count). The van der Waals surface area contributed by atoms with Gasteiger partial charge < -0.3 is 10.2 Å². The number of carbonyl (C=O) groups excluding carboxylic acids is 1. The second kappa shape index (κ2) is 7.93. The van der Waals surface area contributed by atoms with Crippen LogP contribution in [0, 0.1) is 0 Å². The number of amides is 1. The van der Waals surface area contributed by atoms with E-state index in [0.717, 1.165) is 25.9 Å². The van der Waals surface area contributed by atoms with Gasteiger partial charge in [-0.1, -0.05) is 29.8 Å². The van der Waals surface area contributed by atoms with Crippen molar-refractivity contribution < 1.29 is 4.79 Å². The number of carbonyl (C=O) groups is 1. The Labute approximate surface area is 168 Å². The second-order valence-electron chi connectivity index (χ2n) is 7.38. The second-order valence-corrected chi connectivity index (χ2v) is 7.76. The van der Waals surface area contributed by atoms with Crippen molar-refractivity contribution in [3.63, 3.8) is 0 Å². The summed E-state index contributed by atoms with van der Waals surface area (Å²) in [5.41, 5.74) is 1.000. The molecule has 1 amide bonds. The average molecular weight is 402 g/mol. The fraction of sp³-hybridized carbons (Fsp3) is 0.450. The fourth-order valence-corrected chi connectivity index (χ4v) is 3.71. The molecule has 8 heteroatoms. The third-order valence-corrected chi connectivity index (χ3v) is 5.76. The number of hydrogen-bond donors (Lipinski definition) is 1. The molecule has 1 aromatic carbocycles. The van der Waals surface area contributed by atoms with Crippen LogP contribution in [0.1, 0.15) is 19.8 Å². The largest absolute Gasteiger partial charge is 0.366 e. The predicted octanol–water partition coefficient (Wildman–Crippen LogP) is 1.67. The summed E-state index contributed by atoms with van der Waals surface area (Å²) in [6, 6.07) is 9.44. The molecule has 1 aliphatic carbocycles. The molecular weight excluding hydrogens is 378 g/mol. The number of piperazine rings is 1. The summed E-state index contributed by atoms with van der Waals surface area (Å²) in [6.45, 7) is 4.80. The topological polar surface area (TPSA) is 70.5 Å². The van der Waals surface area contributed by atoms with Crippen LogP contribution in [0.5, 0.6) is 0 Å². The molecule has 1 aromatic heterocycles. The molecule has 1 N–H and O–H groups in total. The standard InChI is InChI=1S/C20H24ClN5O2/c1-14(19(27)23-15-7-8-15)24-9-11-25(12-10-24)17-13-22-26(20(28)18(17)21)16-5-3-2-4-6-16/h2-6,13-15H,7-12H2,1H3,(H,23,27)/t14-/m0/s1. The lowest BCUT2D eigenvalue weighted by Crippen LogP contribution is -2.54. The molecule has 28 heavy (non-hydrogen) atoms. The van der Waals surface area contributed by atoms with Gasteiger partial charge >= 0.3 is 0 Å². The molecule has 2 heterocycles. The molecule has 1 atom stereocenters. The number of nitrogens with one attached hydrogen (secondary N) is 1. The molecule has 2 aromatic rings. The molecule has 1 saturated carbocycles. The fourth-order valence-electron chi connectivity index (χ4n) is 3.46. The van der Waals surface area contributed by atoms with Crippen LogP contribution in [0.15, 0.2) is 41.3 Å². The third-order valence-electron chi connectivity index (χ3n) is 5.41. The molecule has 0 radical (unpaired) electrons. The quantitative estimate of drug-likeness (QED) is 0.825. The summed E-state index contributed by atoms with van der Waals surface area (Å²) in [6.07, 6.45) is 3.83. The Bertz CT molecular complexity index is 905. The molecular formula is C20H24ClN5O2. The maximum atomic E-state index is 12.7. The zero-order valence-corrected chi connectivity index (χ0v) is 16.6. The van der Waals surface area contributed by atoms with E-state index in [1.165, 1.54) is 4.68 Å². The summed E-state index contributed by atoms with van der Waals surface area (Å²) in [4.78, 5) is 29.2. The minimum atomic E-state index is -0.329. The molecule has 0 unspecified atom stereocenters. The maximum absolute atomic E-state index is 12.7. The van der Waals surface area contributed by atoms with Crippen LogP contribution in [-0.2, 0) is 4.79 Å². The minimum Gasteiger partial charge on any atom is -0.366 e. The Morgan fingerprint density at radius 2 is 1.86 bits per heavy atom. The van der Waals surface area contributed by atoms with E-state index >= 15 is 0 Å². The first-order valence-corrected chi connectivity index (χ1v) is 10.0. The van der Waals surface area contributed by atoms with E-state index in [1.807, 2.05) is 37.3 Å². The SMILES string of the molecule is C[C@@H](C(=O)NC1CC1)N1CCN(c2cnn(-c3ccccc3)c(=O)c2Cl)CC1. The number of aromatic nitrogens is 2. The molecule has 0 spiro atoms. The first kappa shape index (κ1) is 19.0. The molecule has 1 aliphatic heterocycles. The molecule has 1 saturated heterocycles. The average Bonchev–Trinajstić information content (AvgIpc) is 3.54. The smallest absolute Gasteiger partial charge is 0.292 e. The van der Waals surface area contributed by atoms with Crippen molar-refractivity contribution in [2.24, 2.45) is 0 Å². The van der Waals surface area contributed by atoms with E-state index < -0.39 is 0 Å². The highest BCUT2D eigenvalue weighted by molar-refractivity contribution is 6.33. The van der Waals surface area contributed by atoms with Gasteiger partial charge in [0.05, 0.1) is 23.6 Å². The number of hydrogen-bond acceptors (Lipinski definition) is 5. The van der Waals surface area contributed by atoms with Gasteiger partial charge in [0.25, 0.3) is 5.56 Å². The van der Waals surface area contributed by atoms with Crippen LogP contribution in [0.3, 0.4) is 0 Å². The molecule has 0 bridgehead atoms. The normalized spacial score (nSPS) is 18.7. The van der Waals surface area contributed by atoms with Crippen LogP contribution in [0.2, 0.25) is 5.02 Å². The van der Waals surface area contributed by atoms with Crippen LogP contribution in [0.25, 0.3) is 5.69 Å². The Balaban J connectivity index is 1.44. The van der Waals surface area contributed by atoms with Gasteiger partial charge in [0.1, 0.15) is 5.02 Å². The van der Waals surface area contributed by atoms with E-state index in [1.54, 1.807) is 6.20 Å². The Kier molecular flexibility index (Phi) is 5.37. The van der Waals surface area contributed by atoms with Crippen molar-refractivity contribution in [3.8, 4) is 5.69 Å². The molecule has 2 aliphatic rings. The van der Waals surface area contributed by atoms with Gasteiger partial charge in [0, 0.05) is 32.2 Å². The van der Waals surface area contributed by atoms with Crippen molar-refractivity contribution in [3.05, 3.63) is 51.9 Å². The van der Waals surface area contributed by atoms with Crippen LogP contribution < -0.4 is 15.8 Å². The van der Waals surface area contributed by atoms with Crippen molar-refractivity contribution >= 4 is 23.2 Å². The van der Waals surface area contributed by atoms with Crippen LogP contribution in [0.4, 0.5) is 5.69 Å². The van der Waals surface area contributed by atoms with Gasteiger partial charge in [-0.25, -0.2) is 0 Å².